The van der Waals surface area contributed by atoms with Gasteiger partial charge >= 0.3 is 0 Å². The van der Waals surface area contributed by atoms with Crippen molar-refractivity contribution in [2.24, 2.45) is 13.0 Å². The zero-order valence-electron chi connectivity index (χ0n) is 11.8. The van der Waals surface area contributed by atoms with E-state index in [1.165, 1.54) is 25.6 Å². The van der Waals surface area contributed by atoms with Crippen molar-refractivity contribution in [3.05, 3.63) is 12.2 Å². The van der Waals surface area contributed by atoms with Gasteiger partial charge in [0.1, 0.15) is 18.3 Å². The zero-order valence-corrected chi connectivity index (χ0v) is 11.8. The van der Waals surface area contributed by atoms with E-state index in [2.05, 4.69) is 10.1 Å². The van der Waals surface area contributed by atoms with E-state index in [-0.39, 0.29) is 11.9 Å². The molecule has 19 heavy (non-hydrogen) atoms. The summed E-state index contributed by atoms with van der Waals surface area (Å²) in [5.41, 5.74) is 0. The Hall–Kier alpha value is -1.23. The summed E-state index contributed by atoms with van der Waals surface area (Å²) in [6, 6.07) is 0. The van der Waals surface area contributed by atoms with Crippen LogP contribution < -0.4 is 0 Å². The number of hydrogen-bond acceptors (Lipinski definition) is 4. The van der Waals surface area contributed by atoms with Gasteiger partial charge in [0.15, 0.2) is 5.78 Å². The van der Waals surface area contributed by atoms with Crippen LogP contribution in [0.4, 0.5) is 0 Å². The predicted molar refractivity (Wildman–Crippen MR) is 71.7 cm³/mol. The van der Waals surface area contributed by atoms with Crippen LogP contribution in [0.15, 0.2) is 6.33 Å². The Morgan fingerprint density at radius 1 is 1.47 bits per heavy atom. The van der Waals surface area contributed by atoms with Crippen LogP contribution in [0.1, 0.15) is 44.9 Å². The number of nitrogens with zero attached hydrogens (tertiary/aromatic N) is 3. The lowest BCUT2D eigenvalue weighted by molar-refractivity contribution is -0.134. The lowest BCUT2D eigenvalue weighted by Crippen LogP contribution is -2.35. The van der Waals surface area contributed by atoms with Crippen LogP contribution >= 0.6 is 0 Å². The van der Waals surface area contributed by atoms with Gasteiger partial charge in [0.2, 0.25) is 0 Å². The van der Waals surface area contributed by atoms with Crippen LogP contribution in [-0.4, -0.2) is 33.3 Å². The first-order chi connectivity index (χ1) is 9.22. The molecule has 106 valence electrons. The summed E-state index contributed by atoms with van der Waals surface area (Å²) in [6.45, 7) is 2.54. The minimum absolute atomic E-state index is 0.143. The molecule has 0 N–H and O–H groups in total. The Bertz CT molecular complexity index is 411. The Morgan fingerprint density at radius 3 is 2.79 bits per heavy atom. The minimum Gasteiger partial charge on any atom is -0.370 e. The number of carbonyl (C=O) groups is 1. The fourth-order valence-corrected chi connectivity index (χ4v) is 2.85. The Balaban J connectivity index is 2.01. The SMILES string of the molecule is CCOC(C(=O)Cc1ncnn1C)C1CCCCC1. The molecule has 1 saturated carbocycles. The highest BCUT2D eigenvalue weighted by Crippen LogP contribution is 2.28. The second-order valence-electron chi connectivity index (χ2n) is 5.22. The van der Waals surface area contributed by atoms with Crippen LogP contribution in [0.3, 0.4) is 0 Å². The van der Waals surface area contributed by atoms with Gasteiger partial charge in [-0.2, -0.15) is 5.10 Å². The van der Waals surface area contributed by atoms with Crippen LogP contribution in [0.5, 0.6) is 0 Å². The molecule has 0 radical (unpaired) electrons. The molecular weight excluding hydrogens is 242 g/mol. The Morgan fingerprint density at radius 2 is 2.21 bits per heavy atom. The summed E-state index contributed by atoms with van der Waals surface area (Å²) in [5, 5.41) is 4.00. The van der Waals surface area contributed by atoms with E-state index in [9.17, 15) is 4.79 Å². The normalized spacial score (nSPS) is 18.4. The van der Waals surface area contributed by atoms with E-state index < -0.39 is 0 Å². The van der Waals surface area contributed by atoms with E-state index in [4.69, 9.17) is 4.74 Å². The maximum Gasteiger partial charge on any atom is 0.169 e. The first-order valence-corrected chi connectivity index (χ1v) is 7.19. The molecule has 1 aliphatic carbocycles. The summed E-state index contributed by atoms with van der Waals surface area (Å²) >= 11 is 0. The molecule has 5 nitrogen and oxygen atoms in total. The number of hydrogen-bond donors (Lipinski definition) is 0. The molecule has 1 aromatic heterocycles. The Labute approximate surface area is 114 Å². The highest BCUT2D eigenvalue weighted by atomic mass is 16.5. The van der Waals surface area contributed by atoms with E-state index in [1.807, 2.05) is 14.0 Å². The molecule has 2 rings (SSSR count). The van der Waals surface area contributed by atoms with Crippen LogP contribution in [0, 0.1) is 5.92 Å². The van der Waals surface area contributed by atoms with E-state index in [0.717, 1.165) is 12.8 Å². The van der Waals surface area contributed by atoms with Gasteiger partial charge in [-0.15, -0.1) is 0 Å². The third-order valence-corrected chi connectivity index (χ3v) is 3.88. The predicted octanol–water partition coefficient (Wildman–Crippen LogP) is 1.91. The largest absolute Gasteiger partial charge is 0.370 e. The number of ether oxygens (including phenoxy) is 1. The van der Waals surface area contributed by atoms with Gasteiger partial charge in [-0.25, -0.2) is 4.98 Å². The molecule has 0 spiro atoms. The summed E-state index contributed by atoms with van der Waals surface area (Å²) in [7, 11) is 1.81. The van der Waals surface area contributed by atoms with Gasteiger partial charge in [0.05, 0.1) is 6.42 Å². The van der Waals surface area contributed by atoms with Crippen molar-refractivity contribution in [1.82, 2.24) is 14.8 Å². The second-order valence-corrected chi connectivity index (χ2v) is 5.22. The molecule has 0 bridgehead atoms. The number of aromatic nitrogens is 3. The zero-order chi connectivity index (χ0) is 13.7. The quantitative estimate of drug-likeness (QED) is 0.788. The van der Waals surface area contributed by atoms with Gasteiger partial charge in [-0.1, -0.05) is 19.3 Å². The standard InChI is InChI=1S/C14H23N3O2/c1-3-19-14(11-7-5-4-6-8-11)12(18)9-13-15-10-16-17(13)2/h10-11,14H,3-9H2,1-2H3. The van der Waals surface area contributed by atoms with Crippen molar-refractivity contribution in [2.45, 2.75) is 51.6 Å². The van der Waals surface area contributed by atoms with Crippen LogP contribution in [-0.2, 0) is 23.0 Å². The average Bonchev–Trinajstić information content (AvgIpc) is 2.82. The lowest BCUT2D eigenvalue weighted by atomic mass is 9.83. The topological polar surface area (TPSA) is 57.0 Å². The molecule has 5 heteroatoms. The Kier molecular flexibility index (Phi) is 5.07. The van der Waals surface area contributed by atoms with Crippen molar-refractivity contribution < 1.29 is 9.53 Å². The lowest BCUT2D eigenvalue weighted by Gasteiger charge is -2.28. The molecule has 0 aromatic carbocycles. The third kappa shape index (κ3) is 3.62. The van der Waals surface area contributed by atoms with E-state index in [0.29, 0.717) is 24.8 Å². The highest BCUT2D eigenvalue weighted by Gasteiger charge is 2.30. The second kappa shape index (κ2) is 6.80. The fourth-order valence-electron chi connectivity index (χ4n) is 2.85. The minimum atomic E-state index is -0.262. The first kappa shape index (κ1) is 14.2. The van der Waals surface area contributed by atoms with Crippen molar-refractivity contribution >= 4 is 5.78 Å². The molecule has 1 atom stereocenters. The molecule has 0 amide bonds. The van der Waals surface area contributed by atoms with E-state index >= 15 is 0 Å². The van der Waals surface area contributed by atoms with Gasteiger partial charge in [0, 0.05) is 13.7 Å². The van der Waals surface area contributed by atoms with Gasteiger partial charge in [-0.3, -0.25) is 9.48 Å². The molecule has 1 fully saturated rings. The van der Waals surface area contributed by atoms with Gasteiger partial charge < -0.3 is 4.74 Å². The van der Waals surface area contributed by atoms with Crippen LogP contribution in [0.2, 0.25) is 0 Å². The van der Waals surface area contributed by atoms with Gasteiger partial charge in [-0.05, 0) is 25.7 Å². The monoisotopic (exact) mass is 265 g/mol. The maximum atomic E-state index is 12.4. The number of ketones is 1. The number of aryl methyl sites for hydroxylation is 1. The summed E-state index contributed by atoms with van der Waals surface area (Å²) in [5.74, 6) is 1.24. The molecular formula is C14H23N3O2. The molecule has 0 saturated heterocycles. The fraction of sp³-hybridized carbons (Fsp3) is 0.786. The van der Waals surface area contributed by atoms with Crippen molar-refractivity contribution in [2.75, 3.05) is 6.61 Å². The summed E-state index contributed by atoms with van der Waals surface area (Å²) in [4.78, 5) is 16.6. The first-order valence-electron chi connectivity index (χ1n) is 7.19. The molecule has 1 aromatic rings. The van der Waals surface area contributed by atoms with E-state index in [1.54, 1.807) is 4.68 Å². The number of rotatable bonds is 6. The number of carbonyl (C=O) groups excluding carboxylic acids is 1. The van der Waals surface area contributed by atoms with Gasteiger partial charge in [0.25, 0.3) is 0 Å². The van der Waals surface area contributed by atoms with Crippen molar-refractivity contribution in [3.63, 3.8) is 0 Å². The van der Waals surface area contributed by atoms with Crippen molar-refractivity contribution in [3.8, 4) is 0 Å². The smallest absolute Gasteiger partial charge is 0.169 e. The average molecular weight is 265 g/mol. The number of Topliss-reactive ketones (excluding diaryl/α,β-unsaturated/α-hetero) is 1. The third-order valence-electron chi connectivity index (χ3n) is 3.88. The van der Waals surface area contributed by atoms with Crippen molar-refractivity contribution in [1.29, 1.82) is 0 Å². The molecule has 0 aliphatic heterocycles. The summed E-state index contributed by atoms with van der Waals surface area (Å²) in [6.07, 6.45) is 7.46. The summed E-state index contributed by atoms with van der Waals surface area (Å²) < 4.78 is 7.38. The molecule has 1 aliphatic rings. The molecule has 1 heterocycles. The maximum absolute atomic E-state index is 12.4. The van der Waals surface area contributed by atoms with Crippen LogP contribution in [0.25, 0.3) is 0 Å². The molecule has 1 unspecified atom stereocenters. The highest BCUT2D eigenvalue weighted by molar-refractivity contribution is 5.85.